The van der Waals surface area contributed by atoms with Gasteiger partial charge >= 0.3 is 0 Å². The van der Waals surface area contributed by atoms with Crippen molar-refractivity contribution in [2.24, 2.45) is 0 Å². The van der Waals surface area contributed by atoms with Crippen molar-refractivity contribution in [1.29, 1.82) is 0 Å². The second kappa shape index (κ2) is 4.42. The molecule has 0 aliphatic heterocycles. The number of halogens is 1. The zero-order valence-electron chi connectivity index (χ0n) is 9.55. The molecular formula is C13H11BrN4. The highest BCUT2D eigenvalue weighted by molar-refractivity contribution is 9.10. The molecule has 0 saturated carbocycles. The Hall–Kier alpha value is -1.88. The first-order valence-corrected chi connectivity index (χ1v) is 6.36. The molecule has 3 rings (SSSR count). The van der Waals surface area contributed by atoms with Crippen molar-refractivity contribution in [3.05, 3.63) is 58.3 Å². The molecule has 0 spiro atoms. The second-order valence-corrected chi connectivity index (χ2v) is 4.90. The molecule has 1 aromatic carbocycles. The number of hydrogen-bond acceptors (Lipinski definition) is 3. The van der Waals surface area contributed by atoms with Crippen LogP contribution in [0.3, 0.4) is 0 Å². The van der Waals surface area contributed by atoms with Gasteiger partial charge in [-0.1, -0.05) is 34.1 Å². The van der Waals surface area contributed by atoms with Gasteiger partial charge in [0, 0.05) is 23.2 Å². The van der Waals surface area contributed by atoms with Crippen molar-refractivity contribution in [3.63, 3.8) is 0 Å². The predicted molar refractivity (Wildman–Crippen MR) is 74.3 cm³/mol. The van der Waals surface area contributed by atoms with Crippen LogP contribution in [0.25, 0.3) is 5.65 Å². The van der Waals surface area contributed by atoms with Gasteiger partial charge in [-0.2, -0.15) is 9.61 Å². The molecule has 0 aliphatic rings. The maximum absolute atomic E-state index is 5.84. The number of benzene rings is 1. The summed E-state index contributed by atoms with van der Waals surface area (Å²) in [5, 5.41) is 4.46. The fourth-order valence-electron chi connectivity index (χ4n) is 1.88. The van der Waals surface area contributed by atoms with Gasteiger partial charge < -0.3 is 5.73 Å². The lowest BCUT2D eigenvalue weighted by Gasteiger charge is -2.00. The lowest BCUT2D eigenvalue weighted by molar-refractivity contribution is 0.905. The molecule has 2 N–H and O–H groups in total. The molecule has 18 heavy (non-hydrogen) atoms. The topological polar surface area (TPSA) is 56.2 Å². The maximum Gasteiger partial charge on any atom is 0.157 e. The van der Waals surface area contributed by atoms with Gasteiger partial charge in [0.1, 0.15) is 5.82 Å². The van der Waals surface area contributed by atoms with E-state index < -0.39 is 0 Å². The quantitative estimate of drug-likeness (QED) is 0.792. The van der Waals surface area contributed by atoms with Crippen LogP contribution >= 0.6 is 15.9 Å². The highest BCUT2D eigenvalue weighted by Crippen LogP contribution is 2.19. The Kier molecular flexibility index (Phi) is 2.76. The number of aromatic nitrogens is 3. The highest BCUT2D eigenvalue weighted by atomic mass is 79.9. The van der Waals surface area contributed by atoms with Crippen LogP contribution in [0.1, 0.15) is 11.3 Å². The molecule has 5 heteroatoms. The lowest BCUT2D eigenvalue weighted by Crippen LogP contribution is -1.99. The summed E-state index contributed by atoms with van der Waals surface area (Å²) in [7, 11) is 0. The van der Waals surface area contributed by atoms with Crippen molar-refractivity contribution in [1.82, 2.24) is 14.6 Å². The minimum absolute atomic E-state index is 0.596. The molecule has 3 aromatic rings. The minimum Gasteiger partial charge on any atom is -0.384 e. The Morgan fingerprint density at radius 1 is 1.22 bits per heavy atom. The molecule has 0 saturated heterocycles. The van der Waals surface area contributed by atoms with E-state index in [1.165, 1.54) is 5.56 Å². The molecule has 0 fully saturated rings. The molecular weight excluding hydrogens is 292 g/mol. The third-order valence-electron chi connectivity index (χ3n) is 2.77. The summed E-state index contributed by atoms with van der Waals surface area (Å²) in [6.07, 6.45) is 2.44. The molecule has 2 heterocycles. The predicted octanol–water partition coefficient (Wildman–Crippen LogP) is 2.66. The number of nitrogens with zero attached hydrogens (tertiary/aromatic N) is 3. The Balaban J connectivity index is 2.01. The Morgan fingerprint density at radius 2 is 2.06 bits per heavy atom. The second-order valence-electron chi connectivity index (χ2n) is 4.04. The standard InChI is InChI=1S/C13H11BrN4/c14-11-4-2-1-3-9(11)7-10-8-13-16-6-5-12(15)18(13)17-10/h1-6,8H,7,15H2. The van der Waals surface area contributed by atoms with Gasteiger partial charge in [0.15, 0.2) is 5.65 Å². The molecule has 0 bridgehead atoms. The van der Waals surface area contributed by atoms with Gasteiger partial charge in [-0.25, -0.2) is 4.98 Å². The van der Waals surface area contributed by atoms with Crippen molar-refractivity contribution in [2.45, 2.75) is 6.42 Å². The Morgan fingerprint density at radius 3 is 2.83 bits per heavy atom. The van der Waals surface area contributed by atoms with Gasteiger partial charge in [0.05, 0.1) is 5.69 Å². The summed E-state index contributed by atoms with van der Waals surface area (Å²) in [5.41, 5.74) is 8.76. The summed E-state index contributed by atoms with van der Waals surface area (Å²) < 4.78 is 2.75. The largest absolute Gasteiger partial charge is 0.384 e. The fraction of sp³-hybridized carbons (Fsp3) is 0.0769. The third-order valence-corrected chi connectivity index (χ3v) is 3.54. The highest BCUT2D eigenvalue weighted by Gasteiger charge is 2.07. The Labute approximate surface area is 113 Å². The van der Waals surface area contributed by atoms with E-state index in [9.17, 15) is 0 Å². The average molecular weight is 303 g/mol. The first-order valence-electron chi connectivity index (χ1n) is 5.56. The van der Waals surface area contributed by atoms with E-state index in [-0.39, 0.29) is 0 Å². The molecule has 4 nitrogen and oxygen atoms in total. The molecule has 0 amide bonds. The zero-order valence-corrected chi connectivity index (χ0v) is 11.1. The third kappa shape index (κ3) is 1.97. The molecule has 0 radical (unpaired) electrons. The van der Waals surface area contributed by atoms with E-state index in [0.717, 1.165) is 22.2 Å². The van der Waals surface area contributed by atoms with Crippen LogP contribution in [0.5, 0.6) is 0 Å². The van der Waals surface area contributed by atoms with Crippen LogP contribution in [-0.2, 0) is 6.42 Å². The number of fused-ring (bicyclic) bond motifs is 1. The van der Waals surface area contributed by atoms with Crippen LogP contribution in [0.15, 0.2) is 47.1 Å². The monoisotopic (exact) mass is 302 g/mol. The maximum atomic E-state index is 5.84. The number of hydrogen-bond donors (Lipinski definition) is 1. The Bertz CT molecular complexity index is 705. The van der Waals surface area contributed by atoms with Gasteiger partial charge in [-0.15, -0.1) is 0 Å². The van der Waals surface area contributed by atoms with E-state index in [1.54, 1.807) is 16.8 Å². The zero-order chi connectivity index (χ0) is 12.5. The summed E-state index contributed by atoms with van der Waals surface area (Å²) in [4.78, 5) is 4.24. The molecule has 90 valence electrons. The van der Waals surface area contributed by atoms with Crippen LogP contribution in [-0.4, -0.2) is 14.6 Å². The van der Waals surface area contributed by atoms with E-state index in [0.29, 0.717) is 5.82 Å². The van der Waals surface area contributed by atoms with E-state index in [2.05, 4.69) is 32.1 Å². The molecule has 2 aromatic heterocycles. The molecule has 0 atom stereocenters. The number of nitrogens with two attached hydrogens (primary N) is 1. The van der Waals surface area contributed by atoms with Crippen molar-refractivity contribution < 1.29 is 0 Å². The summed E-state index contributed by atoms with van der Waals surface area (Å²) >= 11 is 3.54. The number of rotatable bonds is 2. The van der Waals surface area contributed by atoms with Gasteiger partial charge in [-0.05, 0) is 17.7 Å². The first kappa shape index (κ1) is 11.2. The van der Waals surface area contributed by atoms with Crippen LogP contribution in [0.2, 0.25) is 0 Å². The number of nitrogen functional groups attached to an aromatic ring is 1. The van der Waals surface area contributed by atoms with E-state index in [4.69, 9.17) is 5.73 Å². The normalized spacial score (nSPS) is 10.9. The summed E-state index contributed by atoms with van der Waals surface area (Å²) in [6, 6.07) is 11.8. The average Bonchev–Trinajstić information content (AvgIpc) is 2.76. The molecule has 0 unspecified atom stereocenters. The van der Waals surface area contributed by atoms with Crippen molar-refractivity contribution in [3.8, 4) is 0 Å². The van der Waals surface area contributed by atoms with Crippen LogP contribution in [0.4, 0.5) is 5.82 Å². The summed E-state index contributed by atoms with van der Waals surface area (Å²) in [6.45, 7) is 0. The lowest BCUT2D eigenvalue weighted by atomic mass is 10.1. The fourth-order valence-corrected chi connectivity index (χ4v) is 2.31. The van der Waals surface area contributed by atoms with E-state index in [1.807, 2.05) is 24.3 Å². The number of anilines is 1. The van der Waals surface area contributed by atoms with Gasteiger partial charge in [-0.3, -0.25) is 0 Å². The minimum atomic E-state index is 0.596. The van der Waals surface area contributed by atoms with Crippen molar-refractivity contribution >= 4 is 27.4 Å². The van der Waals surface area contributed by atoms with Crippen molar-refractivity contribution in [2.75, 3.05) is 5.73 Å². The first-order chi connectivity index (χ1) is 8.74. The summed E-state index contributed by atoms with van der Waals surface area (Å²) in [5.74, 6) is 0.596. The van der Waals surface area contributed by atoms with Gasteiger partial charge in [0.2, 0.25) is 0 Å². The molecule has 0 aliphatic carbocycles. The van der Waals surface area contributed by atoms with Crippen LogP contribution in [0, 0.1) is 0 Å². The SMILES string of the molecule is Nc1ccnc2cc(Cc3ccccc3Br)nn12. The van der Waals surface area contributed by atoms with Crippen LogP contribution < -0.4 is 5.73 Å². The smallest absolute Gasteiger partial charge is 0.157 e. The van der Waals surface area contributed by atoms with E-state index >= 15 is 0 Å². The van der Waals surface area contributed by atoms with Gasteiger partial charge in [0.25, 0.3) is 0 Å².